The summed E-state index contributed by atoms with van der Waals surface area (Å²) in [6, 6.07) is 15.7. The number of halogens is 1. The molecule has 2 heterocycles. The molecule has 5 nitrogen and oxygen atoms in total. The van der Waals surface area contributed by atoms with E-state index in [4.69, 9.17) is 11.6 Å². The van der Waals surface area contributed by atoms with Crippen molar-refractivity contribution in [2.24, 2.45) is 0 Å². The Morgan fingerprint density at radius 1 is 1.14 bits per heavy atom. The number of thiophene rings is 1. The minimum atomic E-state index is -3.56. The zero-order chi connectivity index (χ0) is 19.7. The van der Waals surface area contributed by atoms with Gasteiger partial charge in [0.25, 0.3) is 5.91 Å². The van der Waals surface area contributed by atoms with Gasteiger partial charge >= 0.3 is 0 Å². The van der Waals surface area contributed by atoms with E-state index in [0.29, 0.717) is 34.1 Å². The molecule has 0 radical (unpaired) electrons. The fourth-order valence-corrected chi connectivity index (χ4v) is 5.21. The van der Waals surface area contributed by atoms with Crippen molar-refractivity contribution in [3.05, 3.63) is 81.0 Å². The number of nitrogens with one attached hydrogen (secondary N) is 1. The van der Waals surface area contributed by atoms with Gasteiger partial charge in [-0.2, -0.15) is 0 Å². The molecule has 0 saturated carbocycles. The molecule has 0 bridgehead atoms. The molecule has 1 aromatic heterocycles. The van der Waals surface area contributed by atoms with Gasteiger partial charge in [0, 0.05) is 22.9 Å². The van der Waals surface area contributed by atoms with Crippen LogP contribution in [0.1, 0.15) is 20.8 Å². The Morgan fingerprint density at radius 3 is 2.64 bits per heavy atom. The van der Waals surface area contributed by atoms with Crippen LogP contribution < -0.4 is 9.62 Å². The van der Waals surface area contributed by atoms with Gasteiger partial charge in [-0.25, -0.2) is 8.42 Å². The molecule has 0 aliphatic carbocycles. The number of carbonyl (C=O) groups excluding carboxylic acids is 1. The minimum absolute atomic E-state index is 0.0233. The fourth-order valence-electron chi connectivity index (χ4n) is 3.23. The zero-order valence-corrected chi connectivity index (χ0v) is 17.2. The molecule has 0 fully saturated rings. The molecule has 1 aliphatic rings. The summed E-state index contributed by atoms with van der Waals surface area (Å²) >= 11 is 7.26. The molecule has 1 amide bonds. The summed E-state index contributed by atoms with van der Waals surface area (Å²) in [6.07, 6.45) is 0.694. The molecule has 4 rings (SSSR count). The van der Waals surface area contributed by atoms with Crippen molar-refractivity contribution in [2.75, 3.05) is 16.2 Å². The van der Waals surface area contributed by atoms with Gasteiger partial charge in [-0.1, -0.05) is 29.8 Å². The largest absolute Gasteiger partial charge is 0.307 e. The Bertz CT molecular complexity index is 1110. The fraction of sp³-hybridized carbons (Fsp3) is 0.150. The van der Waals surface area contributed by atoms with E-state index in [1.807, 2.05) is 17.5 Å². The number of amides is 1. The predicted octanol–water partition coefficient (Wildman–Crippen LogP) is 4.55. The second-order valence-corrected chi connectivity index (χ2v) is 9.62. The molecule has 28 heavy (non-hydrogen) atoms. The maximum absolute atomic E-state index is 12.6. The smallest absolute Gasteiger partial charge is 0.268 e. The zero-order valence-electron chi connectivity index (χ0n) is 14.8. The van der Waals surface area contributed by atoms with E-state index in [9.17, 15) is 13.2 Å². The van der Waals surface area contributed by atoms with Gasteiger partial charge in [0.2, 0.25) is 10.0 Å². The van der Waals surface area contributed by atoms with Gasteiger partial charge in [-0.3, -0.25) is 9.52 Å². The highest BCUT2D eigenvalue weighted by molar-refractivity contribution is 7.91. The van der Waals surface area contributed by atoms with Gasteiger partial charge in [-0.05, 0) is 59.3 Å². The first-order chi connectivity index (χ1) is 13.4. The van der Waals surface area contributed by atoms with Crippen LogP contribution >= 0.6 is 22.9 Å². The summed E-state index contributed by atoms with van der Waals surface area (Å²) in [5.74, 6) is -0.158. The quantitative estimate of drug-likeness (QED) is 0.643. The third-order valence-corrected chi connectivity index (χ3v) is 6.87. The average Bonchev–Trinajstić information content (AvgIpc) is 3.32. The first kappa shape index (κ1) is 19.0. The third-order valence-electron chi connectivity index (χ3n) is 4.50. The van der Waals surface area contributed by atoms with Crippen molar-refractivity contribution in [3.8, 4) is 0 Å². The Kier molecular flexibility index (Phi) is 5.14. The van der Waals surface area contributed by atoms with Crippen molar-refractivity contribution in [1.29, 1.82) is 0 Å². The number of benzene rings is 2. The number of carbonyl (C=O) groups is 1. The van der Waals surface area contributed by atoms with Crippen molar-refractivity contribution in [3.63, 3.8) is 0 Å². The molecular weight excluding hydrogens is 416 g/mol. The Balaban J connectivity index is 1.50. The predicted molar refractivity (Wildman–Crippen MR) is 114 cm³/mol. The van der Waals surface area contributed by atoms with Crippen molar-refractivity contribution >= 4 is 50.2 Å². The molecular formula is C20H17ClN2O3S2. The molecule has 0 saturated heterocycles. The monoisotopic (exact) mass is 432 g/mol. The Labute approximate surface area is 172 Å². The molecule has 0 atom stereocenters. The van der Waals surface area contributed by atoms with Crippen LogP contribution in [0.2, 0.25) is 5.02 Å². The summed E-state index contributed by atoms with van der Waals surface area (Å²) in [7, 11) is -3.56. The summed E-state index contributed by atoms with van der Waals surface area (Å²) < 4.78 is 27.6. The van der Waals surface area contributed by atoms with E-state index >= 15 is 0 Å². The maximum atomic E-state index is 12.6. The summed E-state index contributed by atoms with van der Waals surface area (Å²) in [4.78, 5) is 15.1. The number of hydrogen-bond acceptors (Lipinski definition) is 4. The van der Waals surface area contributed by atoms with Gasteiger partial charge in [0.05, 0.1) is 10.6 Å². The standard InChI is InChI=1S/C20H17ClN2O3S2/c21-16-5-3-14(4-6-16)13-28(25,26)22-17-7-8-18-15(12-17)9-10-23(18)20(24)19-2-1-11-27-19/h1-8,11-12,22H,9-10,13H2. The SMILES string of the molecule is O=C(c1cccs1)N1CCc2cc(NS(=O)(=O)Cc3ccc(Cl)cc3)ccc21. The normalized spacial score (nSPS) is 13.4. The number of sulfonamides is 1. The summed E-state index contributed by atoms with van der Waals surface area (Å²) in [5, 5.41) is 2.44. The van der Waals surface area contributed by atoms with E-state index in [1.54, 1.807) is 47.4 Å². The molecule has 8 heteroatoms. The van der Waals surface area contributed by atoms with Crippen molar-refractivity contribution < 1.29 is 13.2 Å². The first-order valence-corrected chi connectivity index (χ1v) is 11.6. The van der Waals surface area contributed by atoms with Gasteiger partial charge in [-0.15, -0.1) is 11.3 Å². The van der Waals surface area contributed by atoms with Crippen LogP contribution in [0.5, 0.6) is 0 Å². The molecule has 2 aromatic carbocycles. The molecule has 3 aromatic rings. The highest BCUT2D eigenvalue weighted by Crippen LogP contribution is 2.32. The Morgan fingerprint density at radius 2 is 1.93 bits per heavy atom. The summed E-state index contributed by atoms with van der Waals surface area (Å²) in [6.45, 7) is 0.590. The van der Waals surface area contributed by atoms with Crippen LogP contribution in [-0.2, 0) is 22.2 Å². The lowest BCUT2D eigenvalue weighted by Gasteiger charge is -2.17. The molecule has 144 valence electrons. The number of nitrogens with zero attached hydrogens (tertiary/aromatic N) is 1. The van der Waals surface area contributed by atoms with Gasteiger partial charge < -0.3 is 4.90 Å². The van der Waals surface area contributed by atoms with Gasteiger partial charge in [0.1, 0.15) is 0 Å². The van der Waals surface area contributed by atoms with E-state index < -0.39 is 10.0 Å². The molecule has 0 spiro atoms. The van der Waals surface area contributed by atoms with Crippen LogP contribution in [0.3, 0.4) is 0 Å². The lowest BCUT2D eigenvalue weighted by atomic mass is 10.1. The second-order valence-electron chi connectivity index (χ2n) is 6.52. The van der Waals surface area contributed by atoms with Crippen molar-refractivity contribution in [1.82, 2.24) is 0 Å². The number of fused-ring (bicyclic) bond motifs is 1. The second kappa shape index (κ2) is 7.58. The van der Waals surface area contributed by atoms with Gasteiger partial charge in [0.15, 0.2) is 0 Å². The van der Waals surface area contributed by atoms with E-state index in [0.717, 1.165) is 11.3 Å². The van der Waals surface area contributed by atoms with Crippen LogP contribution in [-0.4, -0.2) is 20.9 Å². The van der Waals surface area contributed by atoms with Crippen LogP contribution in [0.25, 0.3) is 0 Å². The third kappa shape index (κ3) is 4.06. The van der Waals surface area contributed by atoms with E-state index in [2.05, 4.69) is 4.72 Å². The maximum Gasteiger partial charge on any atom is 0.268 e. The molecule has 1 aliphatic heterocycles. The Hall–Kier alpha value is -2.35. The van der Waals surface area contributed by atoms with E-state index in [-0.39, 0.29) is 11.7 Å². The van der Waals surface area contributed by atoms with Crippen LogP contribution in [0.15, 0.2) is 60.0 Å². The van der Waals surface area contributed by atoms with Crippen LogP contribution in [0, 0.1) is 0 Å². The number of anilines is 2. The van der Waals surface area contributed by atoms with Crippen molar-refractivity contribution in [2.45, 2.75) is 12.2 Å². The van der Waals surface area contributed by atoms with E-state index in [1.165, 1.54) is 11.3 Å². The lowest BCUT2D eigenvalue weighted by Crippen LogP contribution is -2.28. The number of rotatable bonds is 5. The van der Waals surface area contributed by atoms with Crippen LogP contribution in [0.4, 0.5) is 11.4 Å². The topological polar surface area (TPSA) is 66.5 Å². The highest BCUT2D eigenvalue weighted by atomic mass is 35.5. The molecule has 0 unspecified atom stereocenters. The molecule has 1 N–H and O–H groups in total. The highest BCUT2D eigenvalue weighted by Gasteiger charge is 2.26. The average molecular weight is 433 g/mol. The first-order valence-electron chi connectivity index (χ1n) is 8.64. The number of hydrogen-bond donors (Lipinski definition) is 1. The lowest BCUT2D eigenvalue weighted by molar-refractivity contribution is 0.0993. The summed E-state index contributed by atoms with van der Waals surface area (Å²) in [5.41, 5.74) is 2.94. The minimum Gasteiger partial charge on any atom is -0.307 e.